The zero-order valence-corrected chi connectivity index (χ0v) is 17.9. The highest BCUT2D eigenvalue weighted by Crippen LogP contribution is 2.29. The summed E-state index contributed by atoms with van der Waals surface area (Å²) in [4.78, 5) is 26.1. The Kier molecular flexibility index (Phi) is 5.16. The number of halogens is 1. The first-order chi connectivity index (χ1) is 13.9. The smallest absolute Gasteiger partial charge is 0.267 e. The number of rotatable bonds is 4. The Balaban J connectivity index is 1.52. The lowest BCUT2D eigenvalue weighted by Gasteiger charge is -2.11. The standard InChI is InChI=1S/C20H16BrN5O2S/c1-10-3-5-14(27)11(2)17(10)26-19(28)15-9-23-20(29-15)25-16-6-4-12-7-13(21)8-22-18(12)24-16/h3-9,27H,1-2H3,(H,26,28)(H,22,23,24,25). The van der Waals surface area contributed by atoms with Gasteiger partial charge in [-0.15, -0.1) is 0 Å². The topological polar surface area (TPSA) is 100 Å². The molecule has 29 heavy (non-hydrogen) atoms. The Labute approximate surface area is 179 Å². The molecule has 0 fully saturated rings. The molecule has 0 aliphatic rings. The van der Waals surface area contributed by atoms with E-state index in [0.29, 0.717) is 32.7 Å². The number of aromatic nitrogens is 3. The van der Waals surface area contributed by atoms with Crippen LogP contribution in [0.1, 0.15) is 20.8 Å². The maximum absolute atomic E-state index is 12.6. The number of phenolic OH excluding ortho intramolecular Hbond substituents is 1. The Bertz CT molecular complexity index is 1240. The third-order valence-electron chi connectivity index (χ3n) is 4.36. The minimum absolute atomic E-state index is 0.139. The Hall–Kier alpha value is -3.04. The number of fused-ring (bicyclic) bond motifs is 1. The van der Waals surface area contributed by atoms with Crippen molar-refractivity contribution in [2.24, 2.45) is 0 Å². The summed E-state index contributed by atoms with van der Waals surface area (Å²) in [6, 6.07) is 9.05. The van der Waals surface area contributed by atoms with Crippen molar-refractivity contribution in [3.05, 3.63) is 63.2 Å². The molecule has 0 atom stereocenters. The van der Waals surface area contributed by atoms with E-state index < -0.39 is 0 Å². The number of pyridine rings is 2. The molecule has 4 aromatic rings. The monoisotopic (exact) mass is 469 g/mol. The van der Waals surface area contributed by atoms with E-state index in [0.717, 1.165) is 15.4 Å². The highest BCUT2D eigenvalue weighted by atomic mass is 79.9. The quantitative estimate of drug-likeness (QED) is 0.381. The molecule has 0 aliphatic heterocycles. The van der Waals surface area contributed by atoms with Gasteiger partial charge in [-0.3, -0.25) is 4.79 Å². The molecule has 0 saturated heterocycles. The minimum Gasteiger partial charge on any atom is -0.508 e. The second kappa shape index (κ2) is 7.76. The molecule has 0 radical (unpaired) electrons. The number of aryl methyl sites for hydroxylation is 1. The predicted octanol–water partition coefficient (Wildman–Crippen LogP) is 5.17. The third-order valence-corrected chi connectivity index (χ3v) is 5.70. The van der Waals surface area contributed by atoms with Crippen LogP contribution in [0.4, 0.5) is 16.6 Å². The van der Waals surface area contributed by atoms with Gasteiger partial charge in [0.15, 0.2) is 10.8 Å². The fourth-order valence-corrected chi connectivity index (χ4v) is 3.87. The van der Waals surface area contributed by atoms with Crippen LogP contribution in [0.3, 0.4) is 0 Å². The van der Waals surface area contributed by atoms with Gasteiger partial charge in [0.1, 0.15) is 16.4 Å². The molecular formula is C20H16BrN5O2S. The van der Waals surface area contributed by atoms with Gasteiger partial charge in [-0.1, -0.05) is 17.4 Å². The van der Waals surface area contributed by atoms with Crippen LogP contribution in [0, 0.1) is 13.8 Å². The van der Waals surface area contributed by atoms with Crippen LogP contribution in [0.2, 0.25) is 0 Å². The first-order valence-electron chi connectivity index (χ1n) is 8.66. The average Bonchev–Trinajstić information content (AvgIpc) is 3.17. The number of nitrogens with one attached hydrogen (secondary N) is 2. The van der Waals surface area contributed by atoms with Gasteiger partial charge in [0, 0.05) is 21.6 Å². The number of hydrogen-bond donors (Lipinski definition) is 3. The fraction of sp³-hybridized carbons (Fsp3) is 0.100. The molecule has 0 aliphatic carbocycles. The van der Waals surface area contributed by atoms with Gasteiger partial charge in [-0.25, -0.2) is 15.0 Å². The molecule has 146 valence electrons. The van der Waals surface area contributed by atoms with E-state index in [1.54, 1.807) is 25.3 Å². The number of carbonyl (C=O) groups is 1. The van der Waals surface area contributed by atoms with E-state index >= 15 is 0 Å². The molecule has 3 aromatic heterocycles. The molecular weight excluding hydrogens is 454 g/mol. The number of phenols is 1. The van der Waals surface area contributed by atoms with E-state index in [-0.39, 0.29) is 11.7 Å². The number of nitrogens with zero attached hydrogens (tertiary/aromatic N) is 3. The van der Waals surface area contributed by atoms with E-state index in [1.165, 1.54) is 17.5 Å². The summed E-state index contributed by atoms with van der Waals surface area (Å²) >= 11 is 4.61. The van der Waals surface area contributed by atoms with E-state index in [4.69, 9.17) is 0 Å². The molecule has 1 amide bonds. The molecule has 1 aromatic carbocycles. The summed E-state index contributed by atoms with van der Waals surface area (Å²) in [5.74, 6) is 0.444. The SMILES string of the molecule is Cc1ccc(O)c(C)c1NC(=O)c1cnc(Nc2ccc3cc(Br)cnc3n2)s1. The van der Waals surface area contributed by atoms with Gasteiger partial charge in [0.2, 0.25) is 0 Å². The Morgan fingerprint density at radius 2 is 1.97 bits per heavy atom. The largest absolute Gasteiger partial charge is 0.508 e. The lowest BCUT2D eigenvalue weighted by molar-refractivity contribution is 0.103. The second-order valence-corrected chi connectivity index (χ2v) is 8.35. The highest BCUT2D eigenvalue weighted by Gasteiger charge is 2.15. The number of thiazole rings is 1. The minimum atomic E-state index is -0.287. The van der Waals surface area contributed by atoms with Crippen molar-refractivity contribution in [3.63, 3.8) is 0 Å². The first kappa shape index (κ1) is 19.3. The lowest BCUT2D eigenvalue weighted by Crippen LogP contribution is -2.12. The Morgan fingerprint density at radius 3 is 2.79 bits per heavy atom. The highest BCUT2D eigenvalue weighted by molar-refractivity contribution is 9.10. The number of benzene rings is 1. The molecule has 9 heteroatoms. The third kappa shape index (κ3) is 4.06. The number of amides is 1. The summed E-state index contributed by atoms with van der Waals surface area (Å²) in [6.07, 6.45) is 3.20. The zero-order chi connectivity index (χ0) is 20.5. The number of aromatic hydroxyl groups is 1. The molecule has 4 rings (SSSR count). The normalized spacial score (nSPS) is 10.9. The van der Waals surface area contributed by atoms with Crippen molar-refractivity contribution >= 4 is 60.8 Å². The number of hydrogen-bond acceptors (Lipinski definition) is 7. The van der Waals surface area contributed by atoms with E-state index in [1.807, 2.05) is 25.1 Å². The van der Waals surface area contributed by atoms with Crippen LogP contribution < -0.4 is 10.6 Å². The van der Waals surface area contributed by atoms with Gasteiger partial charge in [-0.05, 0) is 59.6 Å². The summed E-state index contributed by atoms with van der Waals surface area (Å²) in [5.41, 5.74) is 2.71. The van der Waals surface area contributed by atoms with Gasteiger partial charge in [-0.2, -0.15) is 0 Å². The molecule has 0 spiro atoms. The first-order valence-corrected chi connectivity index (χ1v) is 10.3. The lowest BCUT2D eigenvalue weighted by atomic mass is 10.1. The maximum Gasteiger partial charge on any atom is 0.267 e. The fourth-order valence-electron chi connectivity index (χ4n) is 2.80. The van der Waals surface area contributed by atoms with E-state index in [2.05, 4.69) is 41.5 Å². The van der Waals surface area contributed by atoms with Crippen LogP contribution in [-0.2, 0) is 0 Å². The molecule has 7 nitrogen and oxygen atoms in total. The summed E-state index contributed by atoms with van der Waals surface area (Å²) in [7, 11) is 0. The van der Waals surface area contributed by atoms with Crippen LogP contribution in [-0.4, -0.2) is 26.0 Å². The van der Waals surface area contributed by atoms with Gasteiger partial charge in [0.25, 0.3) is 5.91 Å². The molecule has 0 bridgehead atoms. The molecule has 0 unspecified atom stereocenters. The van der Waals surface area contributed by atoms with Crippen molar-refractivity contribution in [2.75, 3.05) is 10.6 Å². The summed E-state index contributed by atoms with van der Waals surface area (Å²) in [5, 5.41) is 17.3. The predicted molar refractivity (Wildman–Crippen MR) is 118 cm³/mol. The van der Waals surface area contributed by atoms with Crippen LogP contribution in [0.5, 0.6) is 5.75 Å². The van der Waals surface area contributed by atoms with Gasteiger partial charge >= 0.3 is 0 Å². The Morgan fingerprint density at radius 1 is 1.14 bits per heavy atom. The number of carbonyl (C=O) groups excluding carboxylic acids is 1. The molecule has 3 N–H and O–H groups in total. The van der Waals surface area contributed by atoms with Crippen LogP contribution in [0.25, 0.3) is 11.0 Å². The second-order valence-electron chi connectivity index (χ2n) is 6.41. The van der Waals surface area contributed by atoms with Crippen molar-refractivity contribution in [1.29, 1.82) is 0 Å². The van der Waals surface area contributed by atoms with Crippen molar-refractivity contribution in [3.8, 4) is 5.75 Å². The summed E-state index contributed by atoms with van der Waals surface area (Å²) in [6.45, 7) is 3.63. The summed E-state index contributed by atoms with van der Waals surface area (Å²) < 4.78 is 0.889. The molecule has 0 saturated carbocycles. The van der Waals surface area contributed by atoms with Gasteiger partial charge in [0.05, 0.1) is 11.9 Å². The van der Waals surface area contributed by atoms with E-state index in [9.17, 15) is 9.90 Å². The molecule has 3 heterocycles. The maximum atomic E-state index is 12.6. The number of anilines is 3. The van der Waals surface area contributed by atoms with Crippen molar-refractivity contribution < 1.29 is 9.90 Å². The van der Waals surface area contributed by atoms with Crippen molar-refractivity contribution in [2.45, 2.75) is 13.8 Å². The van der Waals surface area contributed by atoms with Gasteiger partial charge < -0.3 is 15.7 Å². The zero-order valence-electron chi connectivity index (χ0n) is 15.5. The van der Waals surface area contributed by atoms with Crippen LogP contribution >= 0.6 is 27.3 Å². The van der Waals surface area contributed by atoms with Crippen LogP contribution in [0.15, 0.2) is 47.2 Å². The average molecular weight is 470 g/mol. The van der Waals surface area contributed by atoms with Crippen molar-refractivity contribution in [1.82, 2.24) is 15.0 Å².